The summed E-state index contributed by atoms with van der Waals surface area (Å²) in [7, 11) is 0. The van der Waals surface area contributed by atoms with Crippen molar-refractivity contribution in [1.82, 2.24) is 0 Å². The van der Waals surface area contributed by atoms with Gasteiger partial charge in [-0.3, -0.25) is 0 Å². The lowest BCUT2D eigenvalue weighted by molar-refractivity contribution is 1.07. The van der Waals surface area contributed by atoms with Crippen LogP contribution in [-0.2, 0) is 0 Å². The summed E-state index contributed by atoms with van der Waals surface area (Å²) in [5.41, 5.74) is 1.02. The summed E-state index contributed by atoms with van der Waals surface area (Å²) in [4.78, 5) is 0. The zero-order chi connectivity index (χ0) is 4.41. The Morgan fingerprint density at radius 1 is 1.67 bits per heavy atom. The number of hydrogen-bond acceptors (Lipinski definition) is 0. The zero-order valence-electron chi connectivity index (χ0n) is 3.65. The van der Waals surface area contributed by atoms with Crippen LogP contribution in [0.3, 0.4) is 0 Å². The lowest BCUT2D eigenvalue weighted by atomic mass is 10.3. The Morgan fingerprint density at radius 2 is 2.50 bits per heavy atom. The Hall–Kier alpha value is -0.520. The monoisotopic (exact) mass is 79.1 g/mol. The molecule has 0 bridgehead atoms. The fraction of sp³-hybridized carbons (Fsp3) is 0.333. The molecule has 0 spiro atoms. The molecule has 6 heavy (non-hydrogen) atoms. The quantitative estimate of drug-likeness (QED) is 0.414. The molecule has 1 aliphatic carbocycles. The first-order valence-corrected chi connectivity index (χ1v) is 2.17. The predicted octanol–water partition coefficient (Wildman–Crippen LogP) is 1.70. The van der Waals surface area contributed by atoms with E-state index in [1.54, 1.807) is 0 Å². The van der Waals surface area contributed by atoms with Gasteiger partial charge in [0.25, 0.3) is 0 Å². The maximum Gasteiger partial charge on any atom is -0.0244 e. The van der Waals surface area contributed by atoms with E-state index in [0.717, 1.165) is 18.4 Å². The van der Waals surface area contributed by atoms with E-state index in [1.165, 1.54) is 0 Å². The largest absolute Gasteiger partial charge is 0.0839 e. The van der Waals surface area contributed by atoms with Gasteiger partial charge >= 0.3 is 0 Å². The molecule has 31 valence electrons. The second kappa shape index (κ2) is 1.29. The lowest BCUT2D eigenvalue weighted by Crippen LogP contribution is -1.59. The average molecular weight is 79.1 g/mol. The molecule has 0 saturated carbocycles. The van der Waals surface area contributed by atoms with Crippen LogP contribution < -0.4 is 0 Å². The molecule has 1 aliphatic rings. The van der Waals surface area contributed by atoms with Crippen molar-refractivity contribution in [1.29, 1.82) is 0 Å². The fourth-order valence-electron chi connectivity index (χ4n) is 0.568. The normalized spacial score (nSPS) is 19.7. The molecule has 0 aromatic carbocycles. The molecular formula is C6H7. The van der Waals surface area contributed by atoms with Gasteiger partial charge in [0.2, 0.25) is 0 Å². The van der Waals surface area contributed by atoms with Crippen LogP contribution in [0.15, 0.2) is 17.7 Å². The molecule has 0 nitrogen and oxygen atoms in total. The predicted molar refractivity (Wildman–Crippen MR) is 26.2 cm³/mol. The van der Waals surface area contributed by atoms with E-state index in [4.69, 9.17) is 6.58 Å². The maximum absolute atomic E-state index is 5.36. The van der Waals surface area contributed by atoms with Gasteiger partial charge in [-0.15, -0.1) is 0 Å². The molecule has 0 atom stereocenters. The average Bonchev–Trinajstić information content (AvgIpc) is 1.86. The SMILES string of the molecule is [CH]=C1C=CCC1. The summed E-state index contributed by atoms with van der Waals surface area (Å²) in [6.45, 7) is 5.36. The summed E-state index contributed by atoms with van der Waals surface area (Å²) in [5.74, 6) is 0. The molecule has 0 fully saturated rings. The Morgan fingerprint density at radius 3 is 2.67 bits per heavy atom. The summed E-state index contributed by atoms with van der Waals surface area (Å²) in [6, 6.07) is 0. The van der Waals surface area contributed by atoms with Gasteiger partial charge in [0, 0.05) is 0 Å². The van der Waals surface area contributed by atoms with E-state index in [2.05, 4.69) is 6.08 Å². The summed E-state index contributed by atoms with van der Waals surface area (Å²) in [6.07, 6.45) is 6.28. The molecule has 0 heterocycles. The highest BCUT2D eigenvalue weighted by molar-refractivity contribution is 5.18. The zero-order valence-corrected chi connectivity index (χ0v) is 3.65. The van der Waals surface area contributed by atoms with Gasteiger partial charge in [-0.1, -0.05) is 18.7 Å². The van der Waals surface area contributed by atoms with Gasteiger partial charge < -0.3 is 0 Å². The van der Waals surface area contributed by atoms with Crippen LogP contribution >= 0.6 is 0 Å². The van der Waals surface area contributed by atoms with Crippen LogP contribution in [-0.4, -0.2) is 0 Å². The molecule has 1 rings (SSSR count). The molecule has 0 saturated heterocycles. The number of allylic oxidation sites excluding steroid dienone is 3. The van der Waals surface area contributed by atoms with Crippen LogP contribution in [0, 0.1) is 6.58 Å². The highest BCUT2D eigenvalue weighted by Gasteiger charge is 1.91. The number of rotatable bonds is 0. The van der Waals surface area contributed by atoms with E-state index < -0.39 is 0 Å². The number of hydrogen-bond donors (Lipinski definition) is 0. The lowest BCUT2D eigenvalue weighted by Gasteiger charge is -1.78. The minimum Gasteiger partial charge on any atom is -0.0839 e. The van der Waals surface area contributed by atoms with Crippen molar-refractivity contribution in [2.75, 3.05) is 0 Å². The van der Waals surface area contributed by atoms with Crippen LogP contribution in [0.25, 0.3) is 0 Å². The van der Waals surface area contributed by atoms with Crippen LogP contribution in [0.1, 0.15) is 12.8 Å². The molecule has 0 aromatic heterocycles. The third-order valence-electron chi connectivity index (χ3n) is 0.932. The van der Waals surface area contributed by atoms with Crippen molar-refractivity contribution < 1.29 is 0 Å². The van der Waals surface area contributed by atoms with Crippen molar-refractivity contribution in [2.24, 2.45) is 0 Å². The van der Waals surface area contributed by atoms with Crippen LogP contribution in [0.2, 0.25) is 0 Å². The van der Waals surface area contributed by atoms with Gasteiger partial charge in [0.1, 0.15) is 0 Å². The Labute approximate surface area is 38.2 Å². The van der Waals surface area contributed by atoms with Crippen LogP contribution in [0.4, 0.5) is 0 Å². The third kappa shape index (κ3) is 0.510. The van der Waals surface area contributed by atoms with Crippen molar-refractivity contribution in [3.63, 3.8) is 0 Å². The first kappa shape index (κ1) is 3.66. The van der Waals surface area contributed by atoms with Crippen molar-refractivity contribution in [3.8, 4) is 0 Å². The maximum atomic E-state index is 5.36. The van der Waals surface area contributed by atoms with Gasteiger partial charge in [-0.05, 0) is 18.4 Å². The smallest absolute Gasteiger partial charge is 0.0244 e. The second-order valence-electron chi connectivity index (χ2n) is 1.52. The Bertz CT molecular complexity index is 88.2. The van der Waals surface area contributed by atoms with E-state index >= 15 is 0 Å². The van der Waals surface area contributed by atoms with Gasteiger partial charge in [-0.2, -0.15) is 0 Å². The van der Waals surface area contributed by atoms with Crippen molar-refractivity contribution >= 4 is 0 Å². The standard InChI is InChI=1S/C6H7/c1-6-4-2-3-5-6/h1-2,4H,3,5H2. The third-order valence-corrected chi connectivity index (χ3v) is 0.932. The first-order valence-electron chi connectivity index (χ1n) is 2.17. The highest BCUT2D eigenvalue weighted by Crippen LogP contribution is 2.11. The van der Waals surface area contributed by atoms with E-state index in [0.29, 0.717) is 0 Å². The molecule has 1 radical (unpaired) electrons. The Balaban J connectivity index is 2.59. The summed E-state index contributed by atoms with van der Waals surface area (Å²) < 4.78 is 0. The Kier molecular flexibility index (Phi) is 0.789. The minimum atomic E-state index is 1.02. The molecule has 0 heteroatoms. The van der Waals surface area contributed by atoms with E-state index in [1.807, 2.05) is 6.08 Å². The van der Waals surface area contributed by atoms with E-state index in [-0.39, 0.29) is 0 Å². The first-order chi connectivity index (χ1) is 2.89. The second-order valence-corrected chi connectivity index (χ2v) is 1.52. The topological polar surface area (TPSA) is 0 Å². The van der Waals surface area contributed by atoms with Gasteiger partial charge in [0.05, 0.1) is 0 Å². The van der Waals surface area contributed by atoms with Crippen molar-refractivity contribution in [2.45, 2.75) is 12.8 Å². The van der Waals surface area contributed by atoms with Gasteiger partial charge in [-0.25, -0.2) is 0 Å². The fourth-order valence-corrected chi connectivity index (χ4v) is 0.568. The molecule has 0 aromatic rings. The van der Waals surface area contributed by atoms with Crippen LogP contribution in [0.5, 0.6) is 0 Å². The minimum absolute atomic E-state index is 1.02. The molecular weight excluding hydrogens is 72.1 g/mol. The molecule has 0 unspecified atom stereocenters. The van der Waals surface area contributed by atoms with Crippen molar-refractivity contribution in [3.05, 3.63) is 24.3 Å². The molecule has 0 aliphatic heterocycles. The molecule has 0 amide bonds. The van der Waals surface area contributed by atoms with Gasteiger partial charge in [0.15, 0.2) is 0 Å². The van der Waals surface area contributed by atoms with E-state index in [9.17, 15) is 0 Å². The molecule has 0 N–H and O–H groups in total. The summed E-state index contributed by atoms with van der Waals surface area (Å²) in [5, 5.41) is 0. The summed E-state index contributed by atoms with van der Waals surface area (Å²) >= 11 is 0. The highest BCUT2D eigenvalue weighted by atomic mass is 14.0.